The number of amides is 3. The number of carbonyl (C=O) groups is 3. The summed E-state index contributed by atoms with van der Waals surface area (Å²) in [7, 11) is 0. The average Bonchev–Trinajstić information content (AvgIpc) is 2.52. The smallest absolute Gasteiger partial charge is 0.329 e. The van der Waals surface area contributed by atoms with E-state index in [4.69, 9.17) is 16.7 Å². The maximum atomic E-state index is 11.7. The number of pyridine rings is 1. The molecule has 0 saturated heterocycles. The molecule has 9 nitrogen and oxygen atoms in total. The van der Waals surface area contributed by atoms with Gasteiger partial charge in [-0.15, -0.1) is 0 Å². The van der Waals surface area contributed by atoms with Crippen molar-refractivity contribution in [3.63, 3.8) is 0 Å². The molecule has 0 aliphatic rings. The Labute approximate surface area is 137 Å². The summed E-state index contributed by atoms with van der Waals surface area (Å²) in [6, 6.07) is 3.12. The Morgan fingerprint density at radius 2 is 2.04 bits per heavy atom. The van der Waals surface area contributed by atoms with E-state index >= 15 is 0 Å². The summed E-state index contributed by atoms with van der Waals surface area (Å²) in [5.74, 6) is -1.97. The van der Waals surface area contributed by atoms with Crippen molar-refractivity contribution >= 4 is 40.9 Å². The number of nitrogens with one attached hydrogen (secondary N) is 3. The van der Waals surface area contributed by atoms with E-state index in [-0.39, 0.29) is 25.5 Å². The van der Waals surface area contributed by atoms with Crippen molar-refractivity contribution in [1.29, 1.82) is 0 Å². The lowest BCUT2D eigenvalue weighted by molar-refractivity contribution is -0.139. The molecule has 1 aromatic rings. The van der Waals surface area contributed by atoms with Crippen LogP contribution in [0.5, 0.6) is 0 Å². The number of hydrogen-bond acceptors (Lipinski definition) is 6. The molecule has 0 saturated carbocycles. The minimum absolute atomic E-state index is 0.0363. The third-order valence-electron chi connectivity index (χ3n) is 2.36. The molecule has 10 heteroatoms. The van der Waals surface area contributed by atoms with E-state index in [1.54, 1.807) is 12.1 Å². The summed E-state index contributed by atoms with van der Waals surface area (Å²) in [6.07, 6.45) is 1.30. The molecule has 1 aromatic heterocycles. The monoisotopic (exact) mass is 341 g/mol. The maximum absolute atomic E-state index is 11.7. The molecule has 23 heavy (non-hydrogen) atoms. The molecule has 1 rings (SSSR count). The summed E-state index contributed by atoms with van der Waals surface area (Å²) in [6.45, 7) is 1.20. The van der Waals surface area contributed by atoms with Crippen LogP contribution >= 0.6 is 11.6 Å². The first-order valence-electron chi connectivity index (χ1n) is 6.56. The van der Waals surface area contributed by atoms with Crippen molar-refractivity contribution in [2.75, 3.05) is 18.5 Å². The van der Waals surface area contributed by atoms with Gasteiger partial charge in [0.25, 0.3) is 0 Å². The summed E-state index contributed by atoms with van der Waals surface area (Å²) in [4.78, 5) is 38.2. The Morgan fingerprint density at radius 3 is 2.65 bits per heavy atom. The predicted octanol–water partition coefficient (Wildman–Crippen LogP) is -0.336. The van der Waals surface area contributed by atoms with Gasteiger partial charge in [0.15, 0.2) is 0 Å². The van der Waals surface area contributed by atoms with Gasteiger partial charge in [-0.25, -0.2) is 10.4 Å². The number of nitrogens with zero attached hydrogens (tertiary/aromatic N) is 2. The van der Waals surface area contributed by atoms with Crippen LogP contribution < -0.4 is 16.1 Å². The van der Waals surface area contributed by atoms with Crippen LogP contribution in [0.3, 0.4) is 0 Å². The highest BCUT2D eigenvalue weighted by Crippen LogP contribution is 2.09. The first-order valence-corrected chi connectivity index (χ1v) is 6.93. The van der Waals surface area contributed by atoms with Crippen LogP contribution in [0.15, 0.2) is 23.4 Å². The fourth-order valence-electron chi connectivity index (χ4n) is 1.36. The van der Waals surface area contributed by atoms with Gasteiger partial charge in [0, 0.05) is 18.5 Å². The number of anilines is 1. The molecule has 0 atom stereocenters. The summed E-state index contributed by atoms with van der Waals surface area (Å²) in [5.41, 5.74) is 2.30. The second-order valence-electron chi connectivity index (χ2n) is 4.35. The van der Waals surface area contributed by atoms with Crippen LogP contribution in [0.2, 0.25) is 5.02 Å². The van der Waals surface area contributed by atoms with Crippen LogP contribution in [0, 0.1) is 0 Å². The Hall–Kier alpha value is -2.52. The van der Waals surface area contributed by atoms with Gasteiger partial charge in [-0.05, 0) is 19.1 Å². The number of hydrazone groups is 1. The largest absolute Gasteiger partial charge is 0.395 e. The number of halogens is 1. The normalized spacial score (nSPS) is 10.8. The lowest BCUT2D eigenvalue weighted by atomic mass is 10.3. The molecule has 0 radical (unpaired) electrons. The Morgan fingerprint density at radius 1 is 1.30 bits per heavy atom. The van der Waals surface area contributed by atoms with Gasteiger partial charge in [-0.1, -0.05) is 11.6 Å². The van der Waals surface area contributed by atoms with E-state index in [1.165, 1.54) is 13.1 Å². The van der Waals surface area contributed by atoms with E-state index in [1.807, 2.05) is 5.43 Å². The van der Waals surface area contributed by atoms with Crippen LogP contribution in [0.4, 0.5) is 5.82 Å². The van der Waals surface area contributed by atoms with Crippen molar-refractivity contribution in [3.05, 3.63) is 23.4 Å². The quantitative estimate of drug-likeness (QED) is 0.319. The van der Waals surface area contributed by atoms with Gasteiger partial charge in [0.05, 0.1) is 18.1 Å². The van der Waals surface area contributed by atoms with Gasteiger partial charge < -0.3 is 15.7 Å². The number of carbonyl (C=O) groups excluding carboxylic acids is 3. The third-order valence-corrected chi connectivity index (χ3v) is 2.59. The van der Waals surface area contributed by atoms with E-state index in [2.05, 4.69) is 20.7 Å². The second-order valence-corrected chi connectivity index (χ2v) is 4.79. The van der Waals surface area contributed by atoms with Crippen LogP contribution in [-0.2, 0) is 14.4 Å². The Bertz CT molecular complexity index is 603. The second kappa shape index (κ2) is 9.49. The van der Waals surface area contributed by atoms with Crippen LogP contribution in [0.25, 0.3) is 0 Å². The first-order chi connectivity index (χ1) is 10.9. The maximum Gasteiger partial charge on any atom is 0.329 e. The van der Waals surface area contributed by atoms with Crippen molar-refractivity contribution in [2.45, 2.75) is 13.3 Å². The summed E-state index contributed by atoms with van der Waals surface area (Å²) >= 11 is 5.68. The van der Waals surface area contributed by atoms with Crippen molar-refractivity contribution in [2.24, 2.45) is 5.10 Å². The third kappa shape index (κ3) is 7.34. The molecule has 0 bridgehead atoms. The lowest BCUT2D eigenvalue weighted by Gasteiger charge is -2.05. The fraction of sp³-hybridized carbons (Fsp3) is 0.308. The fourth-order valence-corrected chi connectivity index (χ4v) is 1.47. The molecule has 124 valence electrons. The van der Waals surface area contributed by atoms with Gasteiger partial charge in [-0.3, -0.25) is 14.4 Å². The molecule has 3 amide bonds. The van der Waals surface area contributed by atoms with Gasteiger partial charge in [0.1, 0.15) is 5.82 Å². The van der Waals surface area contributed by atoms with Gasteiger partial charge >= 0.3 is 11.8 Å². The molecule has 0 fully saturated rings. The number of hydrogen-bond donors (Lipinski definition) is 4. The molecule has 4 N–H and O–H groups in total. The number of rotatable bonds is 6. The zero-order chi connectivity index (χ0) is 17.2. The van der Waals surface area contributed by atoms with Crippen molar-refractivity contribution < 1.29 is 19.5 Å². The molecular weight excluding hydrogens is 326 g/mol. The highest BCUT2D eigenvalue weighted by molar-refractivity contribution is 6.35. The zero-order valence-corrected chi connectivity index (χ0v) is 13.1. The van der Waals surface area contributed by atoms with E-state index in [0.29, 0.717) is 16.6 Å². The minimum Gasteiger partial charge on any atom is -0.395 e. The minimum atomic E-state index is -0.988. The SMILES string of the molecule is C/C(CC(=O)Nc1ccc(Cl)cn1)=N/NC(=O)C(=O)NCCO. The Kier molecular flexibility index (Phi) is 7.64. The zero-order valence-electron chi connectivity index (χ0n) is 12.3. The Balaban J connectivity index is 2.43. The number of aliphatic hydroxyl groups excluding tert-OH is 1. The molecule has 0 aromatic carbocycles. The highest BCUT2D eigenvalue weighted by Gasteiger charge is 2.12. The standard InChI is InChI=1S/C13H16ClN5O4/c1-8(18-19-13(23)12(22)15-4-5-20)6-11(21)17-10-3-2-9(14)7-16-10/h2-3,7,20H,4-6H2,1H3,(H,15,22)(H,19,23)(H,16,17,21)/b18-8-. The topological polar surface area (TPSA) is 133 Å². The van der Waals surface area contributed by atoms with Crippen molar-refractivity contribution in [3.8, 4) is 0 Å². The average molecular weight is 342 g/mol. The van der Waals surface area contributed by atoms with Crippen molar-refractivity contribution in [1.82, 2.24) is 15.7 Å². The van der Waals surface area contributed by atoms with Gasteiger partial charge in [0.2, 0.25) is 5.91 Å². The van der Waals surface area contributed by atoms with Gasteiger partial charge in [-0.2, -0.15) is 5.10 Å². The molecule has 0 aliphatic heterocycles. The number of aromatic nitrogens is 1. The van der Waals surface area contributed by atoms with E-state index in [9.17, 15) is 14.4 Å². The number of aliphatic hydroxyl groups is 1. The van der Waals surface area contributed by atoms with E-state index in [0.717, 1.165) is 0 Å². The predicted molar refractivity (Wildman–Crippen MR) is 83.8 cm³/mol. The first kappa shape index (κ1) is 18.5. The molecule has 1 heterocycles. The van der Waals surface area contributed by atoms with E-state index < -0.39 is 11.8 Å². The highest BCUT2D eigenvalue weighted by atomic mass is 35.5. The summed E-state index contributed by atoms with van der Waals surface area (Å²) in [5, 5.41) is 17.3. The lowest BCUT2D eigenvalue weighted by Crippen LogP contribution is -2.39. The summed E-state index contributed by atoms with van der Waals surface area (Å²) < 4.78 is 0. The van der Waals surface area contributed by atoms with Crippen LogP contribution in [-0.4, -0.2) is 46.7 Å². The molecule has 0 spiro atoms. The molecular formula is C13H16ClN5O4. The molecule has 0 unspecified atom stereocenters. The molecule has 0 aliphatic carbocycles. The van der Waals surface area contributed by atoms with Crippen LogP contribution in [0.1, 0.15) is 13.3 Å².